The summed E-state index contributed by atoms with van der Waals surface area (Å²) in [6, 6.07) is 10.5. The van der Waals surface area contributed by atoms with Gasteiger partial charge in [0.25, 0.3) is 5.91 Å². The lowest BCUT2D eigenvalue weighted by atomic mass is 10.2. The second-order valence-electron chi connectivity index (χ2n) is 4.80. The predicted molar refractivity (Wildman–Crippen MR) is 86.1 cm³/mol. The first kappa shape index (κ1) is 15.6. The van der Waals surface area contributed by atoms with Crippen LogP contribution in [0.15, 0.2) is 36.4 Å². The zero-order valence-corrected chi connectivity index (χ0v) is 13.1. The number of rotatable bonds is 5. The van der Waals surface area contributed by atoms with Crippen LogP contribution in [0.2, 0.25) is 0 Å². The van der Waals surface area contributed by atoms with Gasteiger partial charge in [0.05, 0.1) is 19.9 Å². The van der Waals surface area contributed by atoms with E-state index in [0.29, 0.717) is 28.7 Å². The van der Waals surface area contributed by atoms with Crippen molar-refractivity contribution in [1.82, 2.24) is 4.98 Å². The molecule has 6 heteroatoms. The van der Waals surface area contributed by atoms with Crippen LogP contribution >= 0.6 is 0 Å². The van der Waals surface area contributed by atoms with Gasteiger partial charge in [-0.15, -0.1) is 0 Å². The fourth-order valence-corrected chi connectivity index (χ4v) is 1.89. The molecular weight excluding hydrogens is 282 g/mol. The van der Waals surface area contributed by atoms with Crippen LogP contribution in [0.1, 0.15) is 10.5 Å². The van der Waals surface area contributed by atoms with Gasteiger partial charge in [-0.05, 0) is 24.3 Å². The van der Waals surface area contributed by atoms with Gasteiger partial charge in [0.1, 0.15) is 23.0 Å². The van der Waals surface area contributed by atoms with Crippen molar-refractivity contribution in [3.63, 3.8) is 0 Å². The van der Waals surface area contributed by atoms with Crippen molar-refractivity contribution in [2.24, 2.45) is 0 Å². The van der Waals surface area contributed by atoms with Crippen molar-refractivity contribution < 1.29 is 14.3 Å². The molecule has 0 unspecified atom stereocenters. The number of nitrogens with zero attached hydrogens (tertiary/aromatic N) is 2. The third kappa shape index (κ3) is 3.46. The van der Waals surface area contributed by atoms with Crippen molar-refractivity contribution in [3.8, 4) is 11.5 Å². The van der Waals surface area contributed by atoms with Gasteiger partial charge in [-0.1, -0.05) is 6.07 Å². The van der Waals surface area contributed by atoms with Crippen molar-refractivity contribution >= 4 is 17.4 Å². The van der Waals surface area contributed by atoms with Gasteiger partial charge in [0.2, 0.25) is 0 Å². The highest BCUT2D eigenvalue weighted by atomic mass is 16.5. The quantitative estimate of drug-likeness (QED) is 0.919. The standard InChI is InChI=1S/C16H19N3O3/c1-19(2)15-7-5-6-13(17-15)16(20)18-12-9-8-11(21-3)10-14(12)22-4/h5-10H,1-4H3,(H,18,20). The average Bonchev–Trinajstić information content (AvgIpc) is 2.55. The molecule has 0 saturated carbocycles. The Balaban J connectivity index is 2.23. The van der Waals surface area contributed by atoms with Crippen molar-refractivity contribution in [2.45, 2.75) is 0 Å². The highest BCUT2D eigenvalue weighted by molar-refractivity contribution is 6.04. The van der Waals surface area contributed by atoms with Crippen molar-refractivity contribution in [1.29, 1.82) is 0 Å². The molecule has 1 amide bonds. The maximum absolute atomic E-state index is 12.3. The molecule has 0 spiro atoms. The Kier molecular flexibility index (Phi) is 4.83. The summed E-state index contributed by atoms with van der Waals surface area (Å²) in [6.07, 6.45) is 0. The zero-order valence-electron chi connectivity index (χ0n) is 13.1. The minimum atomic E-state index is -0.299. The third-order valence-electron chi connectivity index (χ3n) is 3.08. The van der Waals surface area contributed by atoms with Gasteiger partial charge < -0.3 is 19.7 Å². The van der Waals surface area contributed by atoms with Gasteiger partial charge in [-0.2, -0.15) is 0 Å². The molecule has 22 heavy (non-hydrogen) atoms. The Morgan fingerprint density at radius 3 is 2.55 bits per heavy atom. The molecule has 0 aliphatic carbocycles. The molecule has 2 aromatic rings. The molecule has 0 fully saturated rings. The van der Waals surface area contributed by atoms with Crippen LogP contribution in [0.25, 0.3) is 0 Å². The lowest BCUT2D eigenvalue weighted by Gasteiger charge is -2.13. The summed E-state index contributed by atoms with van der Waals surface area (Å²) in [5, 5.41) is 2.79. The normalized spacial score (nSPS) is 10.0. The summed E-state index contributed by atoms with van der Waals surface area (Å²) in [5.74, 6) is 1.60. The minimum absolute atomic E-state index is 0.299. The Labute approximate surface area is 129 Å². The molecule has 1 aromatic heterocycles. The molecule has 0 aliphatic rings. The Bertz CT molecular complexity index is 671. The van der Waals surface area contributed by atoms with Crippen molar-refractivity contribution in [2.75, 3.05) is 38.5 Å². The number of aromatic nitrogens is 1. The molecule has 1 N–H and O–H groups in total. The van der Waals surface area contributed by atoms with Gasteiger partial charge in [0.15, 0.2) is 0 Å². The summed E-state index contributed by atoms with van der Waals surface area (Å²) in [4.78, 5) is 18.5. The fourth-order valence-electron chi connectivity index (χ4n) is 1.89. The number of pyridine rings is 1. The maximum atomic E-state index is 12.3. The van der Waals surface area contributed by atoms with Crippen LogP contribution in [0.4, 0.5) is 11.5 Å². The monoisotopic (exact) mass is 301 g/mol. The van der Waals surface area contributed by atoms with Gasteiger partial charge >= 0.3 is 0 Å². The molecule has 116 valence electrons. The van der Waals surface area contributed by atoms with E-state index in [4.69, 9.17) is 9.47 Å². The number of amides is 1. The topological polar surface area (TPSA) is 63.7 Å². The minimum Gasteiger partial charge on any atom is -0.497 e. The molecular formula is C16H19N3O3. The van der Waals surface area contributed by atoms with E-state index in [1.807, 2.05) is 25.1 Å². The van der Waals surface area contributed by atoms with Crippen LogP contribution in [0.3, 0.4) is 0 Å². The molecule has 0 radical (unpaired) electrons. The summed E-state index contributed by atoms with van der Waals surface area (Å²) in [5.41, 5.74) is 0.898. The summed E-state index contributed by atoms with van der Waals surface area (Å²) in [7, 11) is 6.85. The number of carbonyl (C=O) groups excluding carboxylic acids is 1. The van der Waals surface area contributed by atoms with Gasteiger partial charge in [-0.25, -0.2) is 4.98 Å². The number of hydrogen-bond donors (Lipinski definition) is 1. The van der Waals surface area contributed by atoms with Crippen LogP contribution in [0, 0.1) is 0 Å². The molecule has 0 atom stereocenters. The average molecular weight is 301 g/mol. The zero-order chi connectivity index (χ0) is 16.1. The lowest BCUT2D eigenvalue weighted by Crippen LogP contribution is -2.17. The number of hydrogen-bond acceptors (Lipinski definition) is 5. The lowest BCUT2D eigenvalue weighted by molar-refractivity contribution is 0.102. The van der Waals surface area contributed by atoms with E-state index < -0.39 is 0 Å². The fraction of sp³-hybridized carbons (Fsp3) is 0.250. The number of nitrogens with one attached hydrogen (secondary N) is 1. The SMILES string of the molecule is COc1ccc(NC(=O)c2cccc(N(C)C)n2)c(OC)c1. The molecule has 2 rings (SSSR count). The highest BCUT2D eigenvalue weighted by Gasteiger charge is 2.12. The molecule has 0 bridgehead atoms. The van der Waals surface area contributed by atoms with Crippen LogP contribution in [0.5, 0.6) is 11.5 Å². The van der Waals surface area contributed by atoms with E-state index in [9.17, 15) is 4.79 Å². The van der Waals surface area contributed by atoms with Gasteiger partial charge in [-0.3, -0.25) is 4.79 Å². The summed E-state index contributed by atoms with van der Waals surface area (Å²) < 4.78 is 10.4. The second-order valence-corrected chi connectivity index (χ2v) is 4.80. The van der Waals surface area contributed by atoms with Crippen LogP contribution < -0.4 is 19.7 Å². The van der Waals surface area contributed by atoms with Crippen LogP contribution in [-0.2, 0) is 0 Å². The van der Waals surface area contributed by atoms with E-state index in [0.717, 1.165) is 0 Å². The molecule has 1 aromatic carbocycles. The Hall–Kier alpha value is -2.76. The van der Waals surface area contributed by atoms with E-state index in [1.165, 1.54) is 7.11 Å². The number of methoxy groups -OCH3 is 2. The molecule has 1 heterocycles. The van der Waals surface area contributed by atoms with E-state index in [2.05, 4.69) is 10.3 Å². The van der Waals surface area contributed by atoms with E-state index in [1.54, 1.807) is 37.4 Å². The number of benzene rings is 1. The second kappa shape index (κ2) is 6.80. The smallest absolute Gasteiger partial charge is 0.274 e. The number of anilines is 2. The van der Waals surface area contributed by atoms with Crippen LogP contribution in [-0.4, -0.2) is 39.2 Å². The first-order valence-corrected chi connectivity index (χ1v) is 6.73. The largest absolute Gasteiger partial charge is 0.497 e. The number of carbonyl (C=O) groups is 1. The van der Waals surface area contributed by atoms with Gasteiger partial charge in [0, 0.05) is 20.2 Å². The first-order valence-electron chi connectivity index (χ1n) is 6.73. The van der Waals surface area contributed by atoms with Crippen molar-refractivity contribution in [3.05, 3.63) is 42.1 Å². The Morgan fingerprint density at radius 2 is 1.91 bits per heavy atom. The number of ether oxygens (including phenoxy) is 2. The first-order chi connectivity index (χ1) is 10.5. The summed E-state index contributed by atoms with van der Waals surface area (Å²) in [6.45, 7) is 0. The molecule has 6 nitrogen and oxygen atoms in total. The highest BCUT2D eigenvalue weighted by Crippen LogP contribution is 2.29. The molecule has 0 aliphatic heterocycles. The summed E-state index contributed by atoms with van der Waals surface area (Å²) >= 11 is 0. The van der Waals surface area contributed by atoms with E-state index >= 15 is 0 Å². The maximum Gasteiger partial charge on any atom is 0.274 e. The molecule has 0 saturated heterocycles. The van der Waals surface area contributed by atoms with E-state index in [-0.39, 0.29) is 5.91 Å². The Morgan fingerprint density at radius 1 is 1.14 bits per heavy atom. The predicted octanol–water partition coefficient (Wildman–Crippen LogP) is 2.42. The third-order valence-corrected chi connectivity index (χ3v) is 3.08.